The molecule has 1 saturated heterocycles. The van der Waals surface area contributed by atoms with E-state index in [-0.39, 0.29) is 24.9 Å². The number of hydrogen-bond acceptors (Lipinski definition) is 5. The van der Waals surface area contributed by atoms with Crippen LogP contribution >= 0.6 is 0 Å². The van der Waals surface area contributed by atoms with Gasteiger partial charge in [-0.2, -0.15) is 0 Å². The third-order valence-corrected chi connectivity index (χ3v) is 5.92. The fraction of sp³-hybridized carbons (Fsp3) is 0.500. The van der Waals surface area contributed by atoms with Gasteiger partial charge in [-0.15, -0.1) is 0 Å². The van der Waals surface area contributed by atoms with Gasteiger partial charge in [0.15, 0.2) is 0 Å². The molecule has 3 rings (SSSR count). The van der Waals surface area contributed by atoms with Crippen molar-refractivity contribution in [3.63, 3.8) is 0 Å². The van der Waals surface area contributed by atoms with Gasteiger partial charge in [-0.3, -0.25) is 0 Å². The molecule has 174 valence electrons. The lowest BCUT2D eigenvalue weighted by Crippen LogP contribution is -2.55. The van der Waals surface area contributed by atoms with E-state index in [1.165, 1.54) is 5.56 Å². The Kier molecular flexibility index (Phi) is 10.0. The van der Waals surface area contributed by atoms with E-state index in [1.807, 2.05) is 48.5 Å². The second-order valence-electron chi connectivity index (χ2n) is 8.30. The van der Waals surface area contributed by atoms with Crippen LogP contribution in [0.2, 0.25) is 0 Å². The van der Waals surface area contributed by atoms with Gasteiger partial charge in [-0.05, 0) is 30.5 Å². The number of nitrogens with one attached hydrogen (secondary N) is 2. The summed E-state index contributed by atoms with van der Waals surface area (Å²) in [6.45, 7) is 7.20. The van der Waals surface area contributed by atoms with Gasteiger partial charge < -0.3 is 24.8 Å². The summed E-state index contributed by atoms with van der Waals surface area (Å²) in [4.78, 5) is 11.9. The first-order valence-corrected chi connectivity index (χ1v) is 11.6. The first-order valence-electron chi connectivity index (χ1n) is 11.6. The monoisotopic (exact) mass is 440 g/mol. The summed E-state index contributed by atoms with van der Waals surface area (Å²) < 4.78 is 17.7. The van der Waals surface area contributed by atoms with Crippen molar-refractivity contribution in [2.45, 2.75) is 58.2 Å². The van der Waals surface area contributed by atoms with E-state index in [2.05, 4.69) is 36.6 Å². The van der Waals surface area contributed by atoms with E-state index in [0.717, 1.165) is 24.9 Å². The number of ether oxygens (including phenoxy) is 3. The second kappa shape index (κ2) is 13.2. The maximum absolute atomic E-state index is 11.9. The van der Waals surface area contributed by atoms with Crippen molar-refractivity contribution >= 4 is 6.09 Å². The molecule has 1 fully saturated rings. The Morgan fingerprint density at radius 3 is 2.31 bits per heavy atom. The van der Waals surface area contributed by atoms with Crippen molar-refractivity contribution in [3.05, 3.63) is 71.8 Å². The molecule has 6 heteroatoms. The molecule has 1 heterocycles. The van der Waals surface area contributed by atoms with Gasteiger partial charge in [0, 0.05) is 12.5 Å². The van der Waals surface area contributed by atoms with Gasteiger partial charge in [0.25, 0.3) is 0 Å². The Morgan fingerprint density at radius 1 is 1.00 bits per heavy atom. The molecule has 1 amide bonds. The van der Waals surface area contributed by atoms with Gasteiger partial charge in [0.05, 0.1) is 31.5 Å². The van der Waals surface area contributed by atoms with Crippen molar-refractivity contribution in [2.24, 2.45) is 5.92 Å². The number of rotatable bonds is 11. The van der Waals surface area contributed by atoms with E-state index in [0.29, 0.717) is 25.7 Å². The van der Waals surface area contributed by atoms with Crippen LogP contribution in [-0.4, -0.2) is 44.0 Å². The first kappa shape index (κ1) is 24.2. The molecule has 2 aromatic rings. The first-order chi connectivity index (χ1) is 15.7. The molecule has 0 spiro atoms. The third kappa shape index (κ3) is 7.62. The van der Waals surface area contributed by atoms with E-state index in [4.69, 9.17) is 14.2 Å². The largest absolute Gasteiger partial charge is 0.445 e. The molecule has 1 aliphatic rings. The standard InChI is InChI=1S/C26H36N2O4/c1-3-24-20(2)25(31-17-21-11-6-4-7-12-21)23(19-30-24)27-15-10-16-28-26(29)32-18-22-13-8-5-9-14-22/h4-9,11-14,20,23-25,27H,3,10,15-19H2,1-2H3,(H,28,29)/t20-,23+,24+,25-/m0/s1. The van der Waals surface area contributed by atoms with Crippen molar-refractivity contribution in [3.8, 4) is 0 Å². The highest BCUT2D eigenvalue weighted by atomic mass is 16.5. The molecule has 0 bridgehead atoms. The number of amides is 1. The third-order valence-electron chi connectivity index (χ3n) is 5.92. The molecule has 32 heavy (non-hydrogen) atoms. The molecular formula is C26H36N2O4. The number of alkyl carbamates (subject to hydrolysis) is 1. The average Bonchev–Trinajstić information content (AvgIpc) is 2.83. The molecule has 0 aliphatic carbocycles. The Balaban J connectivity index is 1.38. The maximum Gasteiger partial charge on any atom is 0.407 e. The molecule has 0 aromatic heterocycles. The number of benzene rings is 2. The van der Waals surface area contributed by atoms with Crippen LogP contribution in [0.4, 0.5) is 4.79 Å². The molecular weight excluding hydrogens is 404 g/mol. The summed E-state index contributed by atoms with van der Waals surface area (Å²) in [5.74, 6) is 0.307. The van der Waals surface area contributed by atoms with Gasteiger partial charge in [0.2, 0.25) is 0 Å². The predicted molar refractivity (Wildman–Crippen MR) is 125 cm³/mol. The fourth-order valence-corrected chi connectivity index (χ4v) is 4.09. The Bertz CT molecular complexity index is 787. The maximum atomic E-state index is 11.9. The Hall–Kier alpha value is -2.41. The molecule has 2 aromatic carbocycles. The molecule has 2 N–H and O–H groups in total. The molecule has 0 unspecified atom stereocenters. The zero-order chi connectivity index (χ0) is 22.6. The summed E-state index contributed by atoms with van der Waals surface area (Å²) in [6, 6.07) is 20.1. The molecule has 0 radical (unpaired) electrons. The lowest BCUT2D eigenvalue weighted by atomic mass is 9.88. The van der Waals surface area contributed by atoms with Gasteiger partial charge in [-0.25, -0.2) is 4.79 Å². The van der Waals surface area contributed by atoms with Crippen LogP contribution in [0.15, 0.2) is 60.7 Å². The van der Waals surface area contributed by atoms with Crippen LogP contribution in [0.25, 0.3) is 0 Å². The molecule has 4 atom stereocenters. The highest BCUT2D eigenvalue weighted by molar-refractivity contribution is 5.67. The minimum atomic E-state index is -0.390. The minimum absolute atomic E-state index is 0.0812. The molecule has 0 saturated carbocycles. The number of carbonyl (C=O) groups excluding carboxylic acids is 1. The summed E-state index contributed by atoms with van der Waals surface area (Å²) in [7, 11) is 0. The van der Waals surface area contributed by atoms with Crippen LogP contribution in [0.5, 0.6) is 0 Å². The lowest BCUT2D eigenvalue weighted by Gasteiger charge is -2.41. The predicted octanol–water partition coefficient (Wildman–Crippen LogP) is 4.29. The van der Waals surface area contributed by atoms with Crippen LogP contribution in [0.3, 0.4) is 0 Å². The number of carbonyl (C=O) groups is 1. The van der Waals surface area contributed by atoms with Crippen LogP contribution in [0.1, 0.15) is 37.8 Å². The smallest absolute Gasteiger partial charge is 0.407 e. The van der Waals surface area contributed by atoms with Crippen molar-refractivity contribution in [1.82, 2.24) is 10.6 Å². The van der Waals surface area contributed by atoms with E-state index in [9.17, 15) is 4.79 Å². The zero-order valence-corrected chi connectivity index (χ0v) is 19.2. The van der Waals surface area contributed by atoms with Gasteiger partial charge >= 0.3 is 6.09 Å². The Labute approximate surface area is 191 Å². The topological polar surface area (TPSA) is 68.8 Å². The van der Waals surface area contributed by atoms with E-state index >= 15 is 0 Å². The Morgan fingerprint density at radius 2 is 1.66 bits per heavy atom. The summed E-state index contributed by atoms with van der Waals surface area (Å²) >= 11 is 0. The van der Waals surface area contributed by atoms with Crippen LogP contribution < -0.4 is 10.6 Å². The average molecular weight is 441 g/mol. The van der Waals surface area contributed by atoms with Crippen LogP contribution in [0, 0.1) is 5.92 Å². The summed E-state index contributed by atoms with van der Waals surface area (Å²) in [6.07, 6.45) is 1.69. The fourth-order valence-electron chi connectivity index (χ4n) is 4.09. The normalized spacial score (nSPS) is 22.9. The van der Waals surface area contributed by atoms with Crippen molar-refractivity contribution in [2.75, 3.05) is 19.7 Å². The van der Waals surface area contributed by atoms with Gasteiger partial charge in [0.1, 0.15) is 6.61 Å². The zero-order valence-electron chi connectivity index (χ0n) is 19.2. The second-order valence-corrected chi connectivity index (χ2v) is 8.30. The van der Waals surface area contributed by atoms with Crippen LogP contribution in [-0.2, 0) is 27.4 Å². The summed E-state index contributed by atoms with van der Waals surface area (Å²) in [5.41, 5.74) is 2.15. The van der Waals surface area contributed by atoms with Gasteiger partial charge in [-0.1, -0.05) is 74.5 Å². The molecule has 6 nitrogen and oxygen atoms in total. The number of hydrogen-bond donors (Lipinski definition) is 2. The highest BCUT2D eigenvalue weighted by Gasteiger charge is 2.37. The lowest BCUT2D eigenvalue weighted by molar-refractivity contribution is -0.135. The van der Waals surface area contributed by atoms with E-state index < -0.39 is 6.09 Å². The minimum Gasteiger partial charge on any atom is -0.445 e. The van der Waals surface area contributed by atoms with E-state index in [1.54, 1.807) is 0 Å². The summed E-state index contributed by atoms with van der Waals surface area (Å²) in [5, 5.41) is 6.38. The quantitative estimate of drug-likeness (QED) is 0.510. The van der Waals surface area contributed by atoms with Crippen molar-refractivity contribution < 1.29 is 19.0 Å². The SMILES string of the molecule is CC[C@H]1OC[C@@H](NCCCNC(=O)OCc2ccccc2)[C@@H](OCc2ccccc2)[C@H]1C. The molecule has 1 aliphatic heterocycles. The highest BCUT2D eigenvalue weighted by Crippen LogP contribution is 2.27. The van der Waals surface area contributed by atoms with Crippen molar-refractivity contribution in [1.29, 1.82) is 0 Å².